The van der Waals surface area contributed by atoms with Crippen molar-refractivity contribution in [3.63, 3.8) is 0 Å². The standard InChI is InChI=1S/C34H21N/c1-3-10-22(11-4-1)24-20-29-27-16-8-7-15-26(27)28-17-9-12-23-18-19-30-34(32(23)28)33(29)31(21-24)35(30)25-13-5-2-6-14-25/h1-21H. The van der Waals surface area contributed by atoms with Gasteiger partial charge < -0.3 is 4.57 Å². The number of nitrogens with zero attached hydrogens (tertiary/aromatic N) is 1. The van der Waals surface area contributed by atoms with Crippen LogP contribution in [0.1, 0.15) is 0 Å². The van der Waals surface area contributed by atoms with Gasteiger partial charge >= 0.3 is 0 Å². The Labute approximate surface area is 203 Å². The second-order valence-electron chi connectivity index (χ2n) is 9.36. The number of fused-ring (bicyclic) bond motifs is 3. The van der Waals surface area contributed by atoms with Crippen LogP contribution in [0.15, 0.2) is 127 Å². The van der Waals surface area contributed by atoms with E-state index < -0.39 is 0 Å². The van der Waals surface area contributed by atoms with E-state index in [9.17, 15) is 0 Å². The first-order valence-electron chi connectivity index (χ1n) is 12.1. The molecule has 6 aromatic carbocycles. The van der Waals surface area contributed by atoms with E-state index in [1.165, 1.54) is 71.6 Å². The van der Waals surface area contributed by atoms with E-state index in [4.69, 9.17) is 0 Å². The monoisotopic (exact) mass is 443 g/mol. The highest BCUT2D eigenvalue weighted by Gasteiger charge is 2.25. The van der Waals surface area contributed by atoms with Crippen molar-refractivity contribution in [1.29, 1.82) is 0 Å². The second kappa shape index (κ2) is 6.94. The molecule has 7 aromatic rings. The van der Waals surface area contributed by atoms with Gasteiger partial charge in [-0.1, -0.05) is 97.1 Å². The third kappa shape index (κ3) is 2.53. The van der Waals surface area contributed by atoms with E-state index in [0.29, 0.717) is 0 Å². The van der Waals surface area contributed by atoms with Crippen molar-refractivity contribution in [1.82, 2.24) is 4.57 Å². The molecule has 1 heterocycles. The lowest BCUT2D eigenvalue weighted by molar-refractivity contribution is 1.18. The lowest BCUT2D eigenvalue weighted by Gasteiger charge is -2.15. The van der Waals surface area contributed by atoms with E-state index in [1.54, 1.807) is 0 Å². The number of para-hydroxylation sites is 1. The van der Waals surface area contributed by atoms with Crippen LogP contribution < -0.4 is 0 Å². The fourth-order valence-corrected chi connectivity index (χ4v) is 6.05. The van der Waals surface area contributed by atoms with Crippen LogP contribution in [0.2, 0.25) is 0 Å². The Balaban J connectivity index is 1.68. The zero-order valence-corrected chi connectivity index (χ0v) is 19.1. The molecule has 0 saturated carbocycles. The highest BCUT2D eigenvalue weighted by molar-refractivity contribution is 6.30. The number of rotatable bonds is 2. The Morgan fingerprint density at radius 2 is 1.06 bits per heavy atom. The molecular weight excluding hydrogens is 422 g/mol. The van der Waals surface area contributed by atoms with Gasteiger partial charge in [0.2, 0.25) is 0 Å². The molecule has 0 atom stereocenters. The van der Waals surface area contributed by atoms with Gasteiger partial charge in [0.05, 0.1) is 11.0 Å². The van der Waals surface area contributed by atoms with Gasteiger partial charge in [-0.15, -0.1) is 0 Å². The van der Waals surface area contributed by atoms with Crippen LogP contribution >= 0.6 is 0 Å². The molecule has 0 unspecified atom stereocenters. The van der Waals surface area contributed by atoms with Crippen LogP contribution in [0, 0.1) is 0 Å². The summed E-state index contributed by atoms with van der Waals surface area (Å²) in [6.45, 7) is 0. The van der Waals surface area contributed by atoms with Crippen LogP contribution in [-0.2, 0) is 0 Å². The summed E-state index contributed by atoms with van der Waals surface area (Å²) < 4.78 is 2.45. The van der Waals surface area contributed by atoms with Crippen molar-refractivity contribution < 1.29 is 0 Å². The second-order valence-corrected chi connectivity index (χ2v) is 9.36. The highest BCUT2D eigenvalue weighted by atomic mass is 15.0. The average Bonchev–Trinajstić information content (AvgIpc) is 3.21. The van der Waals surface area contributed by atoms with Gasteiger partial charge in [0.25, 0.3) is 0 Å². The van der Waals surface area contributed by atoms with E-state index in [2.05, 4.69) is 132 Å². The van der Waals surface area contributed by atoms with Crippen molar-refractivity contribution >= 4 is 32.6 Å². The molecule has 0 aliphatic heterocycles. The molecule has 35 heavy (non-hydrogen) atoms. The summed E-state index contributed by atoms with van der Waals surface area (Å²) in [6, 6.07) is 46.5. The van der Waals surface area contributed by atoms with Gasteiger partial charge in [-0.25, -0.2) is 0 Å². The molecule has 1 aliphatic rings. The van der Waals surface area contributed by atoms with E-state index in [0.717, 1.165) is 0 Å². The van der Waals surface area contributed by atoms with Crippen LogP contribution in [0.3, 0.4) is 0 Å². The summed E-state index contributed by atoms with van der Waals surface area (Å²) in [6.07, 6.45) is 0. The van der Waals surface area contributed by atoms with Crippen LogP contribution in [0.4, 0.5) is 0 Å². The minimum atomic E-state index is 1.19. The quantitative estimate of drug-likeness (QED) is 0.251. The topological polar surface area (TPSA) is 4.93 Å². The van der Waals surface area contributed by atoms with Crippen LogP contribution in [0.25, 0.3) is 71.6 Å². The van der Waals surface area contributed by atoms with Gasteiger partial charge in [-0.05, 0) is 74.5 Å². The first kappa shape index (κ1) is 18.8. The van der Waals surface area contributed by atoms with Gasteiger partial charge in [0.15, 0.2) is 0 Å². The van der Waals surface area contributed by atoms with E-state index in [-0.39, 0.29) is 0 Å². The van der Waals surface area contributed by atoms with Crippen molar-refractivity contribution in [3.8, 4) is 39.1 Å². The molecule has 1 heteroatoms. The lowest BCUT2D eigenvalue weighted by atomic mass is 9.92. The lowest BCUT2D eigenvalue weighted by Crippen LogP contribution is -1.95. The molecular formula is C34H21N. The number of benzene rings is 6. The van der Waals surface area contributed by atoms with Crippen LogP contribution in [0.5, 0.6) is 0 Å². The summed E-state index contributed by atoms with van der Waals surface area (Å²) >= 11 is 0. The maximum absolute atomic E-state index is 2.45. The molecule has 1 aromatic heterocycles. The molecule has 8 rings (SSSR count). The van der Waals surface area contributed by atoms with Crippen molar-refractivity contribution in [2.24, 2.45) is 0 Å². The molecule has 0 saturated heterocycles. The minimum absolute atomic E-state index is 1.19. The normalized spacial score (nSPS) is 12.0. The smallest absolute Gasteiger partial charge is 0.0553 e. The summed E-state index contributed by atoms with van der Waals surface area (Å²) in [5.41, 5.74) is 11.4. The SMILES string of the molecule is c1ccc(-c2cc3c4c5c6c(cccc6ccc5n(-c5ccccc5)c4c2)-c2ccccc2-3)cc1. The van der Waals surface area contributed by atoms with Crippen LogP contribution in [-0.4, -0.2) is 4.57 Å². The van der Waals surface area contributed by atoms with E-state index in [1.807, 2.05) is 0 Å². The third-order valence-corrected chi connectivity index (χ3v) is 7.50. The molecule has 0 bridgehead atoms. The molecule has 0 radical (unpaired) electrons. The van der Waals surface area contributed by atoms with Gasteiger partial charge in [0, 0.05) is 16.5 Å². The van der Waals surface area contributed by atoms with Gasteiger partial charge in [-0.3, -0.25) is 0 Å². The summed E-state index contributed by atoms with van der Waals surface area (Å²) in [4.78, 5) is 0. The minimum Gasteiger partial charge on any atom is -0.309 e. The molecule has 0 fully saturated rings. The van der Waals surface area contributed by atoms with Gasteiger partial charge in [-0.2, -0.15) is 0 Å². The highest BCUT2D eigenvalue weighted by Crippen LogP contribution is 2.50. The number of aromatic nitrogens is 1. The maximum atomic E-state index is 2.45. The Hall–Kier alpha value is -4.62. The Morgan fingerprint density at radius 1 is 0.371 bits per heavy atom. The first-order chi connectivity index (χ1) is 17.4. The fraction of sp³-hybridized carbons (Fsp3) is 0. The number of hydrogen-bond donors (Lipinski definition) is 0. The average molecular weight is 444 g/mol. The first-order valence-corrected chi connectivity index (χ1v) is 12.1. The predicted molar refractivity (Wildman–Crippen MR) is 148 cm³/mol. The molecule has 162 valence electrons. The zero-order valence-electron chi connectivity index (χ0n) is 19.1. The Morgan fingerprint density at radius 3 is 1.86 bits per heavy atom. The Kier molecular flexibility index (Phi) is 3.72. The molecule has 0 spiro atoms. The van der Waals surface area contributed by atoms with Crippen molar-refractivity contribution in [2.75, 3.05) is 0 Å². The molecule has 1 nitrogen and oxygen atoms in total. The largest absolute Gasteiger partial charge is 0.309 e. The van der Waals surface area contributed by atoms with Crippen molar-refractivity contribution in [3.05, 3.63) is 127 Å². The third-order valence-electron chi connectivity index (χ3n) is 7.50. The van der Waals surface area contributed by atoms with Gasteiger partial charge in [0.1, 0.15) is 0 Å². The number of hydrogen-bond acceptors (Lipinski definition) is 0. The molecule has 1 aliphatic carbocycles. The predicted octanol–water partition coefficient (Wildman–Crippen LogP) is 9.25. The summed E-state index contributed by atoms with van der Waals surface area (Å²) in [7, 11) is 0. The molecule has 0 N–H and O–H groups in total. The maximum Gasteiger partial charge on any atom is 0.0553 e. The zero-order chi connectivity index (χ0) is 22.9. The summed E-state index contributed by atoms with van der Waals surface area (Å²) in [5.74, 6) is 0. The van der Waals surface area contributed by atoms with Crippen molar-refractivity contribution in [2.45, 2.75) is 0 Å². The molecule has 0 amide bonds. The Bertz CT molecular complexity index is 1930. The fourth-order valence-electron chi connectivity index (χ4n) is 6.05. The van der Waals surface area contributed by atoms with E-state index >= 15 is 0 Å². The summed E-state index contributed by atoms with van der Waals surface area (Å²) in [5, 5.41) is 5.33.